The van der Waals surface area contributed by atoms with Crippen LogP contribution in [0.25, 0.3) is 5.69 Å². The van der Waals surface area contributed by atoms with Crippen molar-refractivity contribution < 1.29 is 14.4 Å². The van der Waals surface area contributed by atoms with E-state index < -0.39 is 23.6 Å². The lowest BCUT2D eigenvalue weighted by molar-refractivity contribution is -0.137. The fraction of sp³-hybridized carbons (Fsp3) is 0.111. The van der Waals surface area contributed by atoms with Gasteiger partial charge in [0.25, 0.3) is 11.8 Å². The average molecular weight is 351 g/mol. The van der Waals surface area contributed by atoms with Crippen LogP contribution in [0.4, 0.5) is 0 Å². The Morgan fingerprint density at radius 3 is 2.58 bits per heavy atom. The van der Waals surface area contributed by atoms with Crippen LogP contribution in [0, 0.1) is 0 Å². The summed E-state index contributed by atoms with van der Waals surface area (Å²) in [6.07, 6.45) is 5.00. The van der Waals surface area contributed by atoms with Gasteiger partial charge in [0.15, 0.2) is 0 Å². The van der Waals surface area contributed by atoms with Gasteiger partial charge in [-0.15, -0.1) is 0 Å². The molecule has 0 fully saturated rings. The van der Waals surface area contributed by atoms with Crippen LogP contribution in [0.1, 0.15) is 16.1 Å². The van der Waals surface area contributed by atoms with Crippen molar-refractivity contribution in [1.82, 2.24) is 20.1 Å². The Morgan fingerprint density at radius 1 is 1.15 bits per heavy atom. The molecule has 0 aliphatic carbocycles. The van der Waals surface area contributed by atoms with E-state index >= 15 is 0 Å². The van der Waals surface area contributed by atoms with Crippen molar-refractivity contribution >= 4 is 17.6 Å². The first-order valence-corrected chi connectivity index (χ1v) is 7.92. The van der Waals surface area contributed by atoms with Gasteiger partial charge in [-0.3, -0.25) is 14.4 Å². The molecule has 1 atom stereocenters. The molecule has 2 amide bonds. The molecule has 132 valence electrons. The predicted molar refractivity (Wildman–Crippen MR) is 93.5 cm³/mol. The first-order valence-electron chi connectivity index (χ1n) is 7.92. The molecule has 3 aromatic rings. The Hall–Kier alpha value is -3.68. The SMILES string of the molecule is NC(=O)C(=O)C(Cc1cc[nH]c1)NC(=O)c1ccnn1-c1ccccc1. The fourth-order valence-electron chi connectivity index (χ4n) is 2.58. The molecule has 26 heavy (non-hydrogen) atoms. The normalized spacial score (nSPS) is 11.7. The van der Waals surface area contributed by atoms with Crippen molar-refractivity contribution in [2.45, 2.75) is 12.5 Å². The minimum atomic E-state index is -1.09. The number of H-pyrrole nitrogens is 1. The Morgan fingerprint density at radius 2 is 1.92 bits per heavy atom. The van der Waals surface area contributed by atoms with Crippen LogP contribution in [0.15, 0.2) is 61.1 Å². The third kappa shape index (κ3) is 3.69. The summed E-state index contributed by atoms with van der Waals surface area (Å²) in [5.74, 6) is -2.48. The molecule has 0 saturated heterocycles. The molecule has 3 rings (SSSR count). The quantitative estimate of drug-likeness (QED) is 0.539. The summed E-state index contributed by atoms with van der Waals surface area (Å²) in [6.45, 7) is 0. The van der Waals surface area contributed by atoms with Gasteiger partial charge in [-0.25, -0.2) is 4.68 Å². The van der Waals surface area contributed by atoms with Crippen LogP contribution < -0.4 is 11.1 Å². The lowest BCUT2D eigenvalue weighted by Crippen LogP contribution is -2.47. The van der Waals surface area contributed by atoms with E-state index in [1.807, 2.05) is 18.2 Å². The summed E-state index contributed by atoms with van der Waals surface area (Å²) >= 11 is 0. The van der Waals surface area contributed by atoms with E-state index in [1.54, 1.807) is 30.6 Å². The second kappa shape index (κ2) is 7.47. The van der Waals surface area contributed by atoms with Gasteiger partial charge >= 0.3 is 0 Å². The van der Waals surface area contributed by atoms with Gasteiger partial charge in [0.2, 0.25) is 5.78 Å². The van der Waals surface area contributed by atoms with Gasteiger partial charge < -0.3 is 16.0 Å². The van der Waals surface area contributed by atoms with Crippen LogP contribution in [0.2, 0.25) is 0 Å². The number of nitrogens with two attached hydrogens (primary N) is 1. The van der Waals surface area contributed by atoms with Gasteiger partial charge in [0, 0.05) is 18.8 Å². The number of carbonyl (C=O) groups excluding carboxylic acids is 3. The van der Waals surface area contributed by atoms with Gasteiger partial charge in [0.1, 0.15) is 11.7 Å². The molecular weight excluding hydrogens is 334 g/mol. The van der Waals surface area contributed by atoms with Crippen LogP contribution >= 0.6 is 0 Å². The van der Waals surface area contributed by atoms with E-state index in [0.29, 0.717) is 5.69 Å². The molecule has 2 heterocycles. The number of nitrogens with zero attached hydrogens (tertiary/aromatic N) is 2. The highest BCUT2D eigenvalue weighted by Crippen LogP contribution is 2.11. The molecule has 0 saturated carbocycles. The van der Waals surface area contributed by atoms with Crippen molar-refractivity contribution in [3.8, 4) is 5.69 Å². The fourth-order valence-corrected chi connectivity index (χ4v) is 2.58. The highest BCUT2D eigenvalue weighted by Gasteiger charge is 2.27. The lowest BCUT2D eigenvalue weighted by Gasteiger charge is -2.16. The van der Waals surface area contributed by atoms with Gasteiger partial charge in [-0.2, -0.15) is 5.10 Å². The number of benzene rings is 1. The molecular formula is C18H17N5O3. The Kier molecular flexibility index (Phi) is 4.93. The van der Waals surface area contributed by atoms with E-state index in [-0.39, 0.29) is 12.1 Å². The average Bonchev–Trinajstić information content (AvgIpc) is 3.32. The van der Waals surface area contributed by atoms with Crippen LogP contribution in [0.5, 0.6) is 0 Å². The lowest BCUT2D eigenvalue weighted by atomic mass is 10.0. The van der Waals surface area contributed by atoms with Crippen molar-refractivity contribution in [3.63, 3.8) is 0 Å². The summed E-state index contributed by atoms with van der Waals surface area (Å²) in [5, 5.41) is 6.73. The number of primary amides is 1. The van der Waals surface area contributed by atoms with Crippen LogP contribution in [-0.2, 0) is 16.0 Å². The number of carbonyl (C=O) groups is 3. The number of hydrogen-bond acceptors (Lipinski definition) is 4. The maximum absolute atomic E-state index is 12.7. The number of Topliss-reactive ketones (excluding diaryl/α,β-unsaturated/α-hetero) is 1. The van der Waals surface area contributed by atoms with Crippen molar-refractivity contribution in [1.29, 1.82) is 0 Å². The molecule has 8 nitrogen and oxygen atoms in total. The third-order valence-corrected chi connectivity index (χ3v) is 3.84. The zero-order valence-corrected chi connectivity index (χ0v) is 13.8. The number of para-hydroxylation sites is 1. The smallest absolute Gasteiger partial charge is 0.287 e. The van der Waals surface area contributed by atoms with E-state index in [9.17, 15) is 14.4 Å². The molecule has 0 bridgehead atoms. The van der Waals surface area contributed by atoms with E-state index in [2.05, 4.69) is 15.4 Å². The Bertz CT molecular complexity index is 915. The van der Waals surface area contributed by atoms with E-state index in [0.717, 1.165) is 5.56 Å². The maximum atomic E-state index is 12.7. The number of hydrogen-bond donors (Lipinski definition) is 3. The summed E-state index contributed by atoms with van der Waals surface area (Å²) in [4.78, 5) is 39.0. The first kappa shape index (κ1) is 17.2. The van der Waals surface area contributed by atoms with E-state index in [1.165, 1.54) is 16.9 Å². The molecule has 1 aromatic carbocycles. The second-order valence-corrected chi connectivity index (χ2v) is 5.64. The number of ketones is 1. The third-order valence-electron chi connectivity index (χ3n) is 3.84. The number of aromatic amines is 1. The number of amides is 2. The predicted octanol–water partition coefficient (Wildman–Crippen LogP) is 0.596. The number of nitrogens with one attached hydrogen (secondary N) is 2. The summed E-state index contributed by atoms with van der Waals surface area (Å²) in [5.41, 5.74) is 6.82. The van der Waals surface area contributed by atoms with Crippen molar-refractivity contribution in [2.75, 3.05) is 0 Å². The molecule has 0 aliphatic heterocycles. The van der Waals surface area contributed by atoms with Crippen LogP contribution in [0.3, 0.4) is 0 Å². The highest BCUT2D eigenvalue weighted by molar-refractivity contribution is 6.38. The molecule has 2 aromatic heterocycles. The molecule has 0 aliphatic rings. The Balaban J connectivity index is 1.83. The first-order chi connectivity index (χ1) is 12.6. The minimum absolute atomic E-state index is 0.149. The molecule has 4 N–H and O–H groups in total. The van der Waals surface area contributed by atoms with Gasteiger partial charge in [-0.05, 0) is 29.8 Å². The molecule has 8 heteroatoms. The number of rotatable bonds is 7. The molecule has 0 spiro atoms. The van der Waals surface area contributed by atoms with Gasteiger partial charge in [-0.1, -0.05) is 18.2 Å². The van der Waals surface area contributed by atoms with E-state index in [4.69, 9.17) is 5.73 Å². The van der Waals surface area contributed by atoms with Crippen LogP contribution in [-0.4, -0.2) is 38.4 Å². The van der Waals surface area contributed by atoms with Crippen molar-refractivity contribution in [3.05, 3.63) is 72.3 Å². The number of aromatic nitrogens is 3. The largest absolute Gasteiger partial charge is 0.367 e. The standard InChI is InChI=1S/C18H17N5O3/c19-17(25)16(24)14(10-12-6-8-20-11-12)22-18(26)15-7-9-21-23(15)13-4-2-1-3-5-13/h1-9,11,14,20H,10H2,(H2,19,25)(H,22,26). The zero-order valence-electron chi connectivity index (χ0n) is 13.8. The monoisotopic (exact) mass is 351 g/mol. The maximum Gasteiger partial charge on any atom is 0.287 e. The second-order valence-electron chi connectivity index (χ2n) is 5.64. The highest BCUT2D eigenvalue weighted by atomic mass is 16.2. The zero-order chi connectivity index (χ0) is 18.5. The minimum Gasteiger partial charge on any atom is -0.367 e. The topological polar surface area (TPSA) is 123 Å². The van der Waals surface area contributed by atoms with Crippen molar-refractivity contribution in [2.24, 2.45) is 5.73 Å². The molecule has 0 radical (unpaired) electrons. The summed E-state index contributed by atoms with van der Waals surface area (Å²) < 4.78 is 1.46. The van der Waals surface area contributed by atoms with Gasteiger partial charge in [0.05, 0.1) is 11.9 Å². The molecule has 1 unspecified atom stereocenters. The summed E-state index contributed by atoms with van der Waals surface area (Å²) in [7, 11) is 0. The Labute approximate surface area is 149 Å². The summed E-state index contributed by atoms with van der Waals surface area (Å²) in [6, 6.07) is 11.3.